The van der Waals surface area contributed by atoms with Crippen molar-refractivity contribution in [3.63, 3.8) is 0 Å². The van der Waals surface area contributed by atoms with Crippen LogP contribution < -0.4 is 10.4 Å². The molecule has 1 nitrogen and oxygen atoms in total. The van der Waals surface area contributed by atoms with Crippen molar-refractivity contribution in [2.75, 3.05) is 7.05 Å². The Morgan fingerprint density at radius 3 is 2.00 bits per heavy atom. The van der Waals surface area contributed by atoms with Crippen LogP contribution in [0.5, 0.6) is 0 Å². The minimum Gasteiger partial charge on any atom is -0.428 e. The summed E-state index contributed by atoms with van der Waals surface area (Å²) in [6.07, 6.45) is 2.09. The van der Waals surface area contributed by atoms with Gasteiger partial charge in [-0.2, -0.15) is 0 Å². The molecule has 0 spiro atoms. The molecule has 0 unspecified atom stereocenters. The highest BCUT2D eigenvalue weighted by molar-refractivity contribution is 6.05. The summed E-state index contributed by atoms with van der Waals surface area (Å²) in [6.45, 7) is 23.8. The molecule has 0 amide bonds. The van der Waals surface area contributed by atoms with Crippen LogP contribution >= 0.6 is 0 Å². The first kappa shape index (κ1) is 17.6. The SMILES string of the molecule is BN(C)C(=C)C(C)(C)CCc1c(C)c(=C)c(C)c(C)c1=C. The molecule has 21 heavy (non-hydrogen) atoms. The molecule has 114 valence electrons. The molecule has 2 heteroatoms. The zero-order chi connectivity index (χ0) is 16.5. The summed E-state index contributed by atoms with van der Waals surface area (Å²) in [5.41, 5.74) is 6.48. The molecule has 0 aliphatic rings. The van der Waals surface area contributed by atoms with Gasteiger partial charge in [0.1, 0.15) is 0 Å². The summed E-state index contributed by atoms with van der Waals surface area (Å²) >= 11 is 0. The van der Waals surface area contributed by atoms with Gasteiger partial charge >= 0.3 is 0 Å². The molecule has 0 aliphatic heterocycles. The van der Waals surface area contributed by atoms with Gasteiger partial charge in [0, 0.05) is 5.41 Å². The van der Waals surface area contributed by atoms with Crippen LogP contribution in [0.15, 0.2) is 12.3 Å². The third kappa shape index (κ3) is 3.43. The Bertz CT molecular complexity index is 653. The summed E-state index contributed by atoms with van der Waals surface area (Å²) in [6, 6.07) is 0. The van der Waals surface area contributed by atoms with Gasteiger partial charge in [-0.1, -0.05) is 33.6 Å². The van der Waals surface area contributed by atoms with E-state index in [-0.39, 0.29) is 5.41 Å². The van der Waals surface area contributed by atoms with Gasteiger partial charge < -0.3 is 4.81 Å². The van der Waals surface area contributed by atoms with Gasteiger partial charge in [-0.25, -0.2) is 0 Å². The van der Waals surface area contributed by atoms with Crippen molar-refractivity contribution in [2.24, 2.45) is 5.41 Å². The van der Waals surface area contributed by atoms with Crippen molar-refractivity contribution < 1.29 is 0 Å². The Kier molecular flexibility index (Phi) is 5.14. The fraction of sp³-hybridized carbons (Fsp3) is 0.474. The van der Waals surface area contributed by atoms with Crippen LogP contribution in [0.25, 0.3) is 13.2 Å². The Hall–Kier alpha value is -1.44. The smallest absolute Gasteiger partial charge is 0.216 e. The van der Waals surface area contributed by atoms with Gasteiger partial charge in [0.25, 0.3) is 0 Å². The normalized spacial score (nSPS) is 11.5. The highest BCUT2D eigenvalue weighted by atomic mass is 15.0. The van der Waals surface area contributed by atoms with E-state index in [1.807, 2.05) is 0 Å². The Morgan fingerprint density at radius 1 is 1.05 bits per heavy atom. The van der Waals surface area contributed by atoms with E-state index >= 15 is 0 Å². The van der Waals surface area contributed by atoms with E-state index in [0.717, 1.165) is 12.8 Å². The van der Waals surface area contributed by atoms with Gasteiger partial charge in [0.15, 0.2) is 0 Å². The van der Waals surface area contributed by atoms with Crippen LogP contribution in [0.1, 0.15) is 42.5 Å². The lowest BCUT2D eigenvalue weighted by Gasteiger charge is -2.33. The molecule has 0 heterocycles. The van der Waals surface area contributed by atoms with E-state index in [2.05, 4.69) is 74.2 Å². The summed E-state index contributed by atoms with van der Waals surface area (Å²) in [4.78, 5) is 2.12. The molecule has 1 aromatic rings. The number of benzene rings is 1. The van der Waals surface area contributed by atoms with Gasteiger partial charge in [-0.15, -0.1) is 0 Å². The Morgan fingerprint density at radius 2 is 1.52 bits per heavy atom. The van der Waals surface area contributed by atoms with E-state index < -0.39 is 0 Å². The molecule has 1 aromatic carbocycles. The maximum Gasteiger partial charge on any atom is 0.216 e. The van der Waals surface area contributed by atoms with E-state index in [1.165, 1.54) is 38.4 Å². The summed E-state index contributed by atoms with van der Waals surface area (Å²) < 4.78 is 0. The highest BCUT2D eigenvalue weighted by Gasteiger charge is 2.23. The third-order valence-electron chi connectivity index (χ3n) is 5.06. The van der Waals surface area contributed by atoms with E-state index in [0.29, 0.717) is 0 Å². The van der Waals surface area contributed by atoms with Gasteiger partial charge in [0.05, 0.1) is 0 Å². The van der Waals surface area contributed by atoms with Gasteiger partial charge in [-0.3, -0.25) is 0 Å². The number of rotatable bonds is 5. The van der Waals surface area contributed by atoms with Crippen LogP contribution in [-0.2, 0) is 6.42 Å². The predicted octanol–water partition coefficient (Wildman–Crippen LogP) is 2.38. The maximum atomic E-state index is 4.30. The monoisotopic (exact) mass is 283 g/mol. The molecule has 0 saturated carbocycles. The standard InChI is InChI=1S/C19H30BN/c1-12-13(2)15(4)18(16(5)14(12)3)10-11-19(7,8)17(6)21(9)20/h2,5-6,10-11,20H2,1,3-4,7-9H3. The minimum atomic E-state index is 0.0858. The molecule has 0 radical (unpaired) electrons. The average molecular weight is 283 g/mol. The Labute approximate surface area is 131 Å². The van der Waals surface area contributed by atoms with Gasteiger partial charge in [-0.05, 0) is 79.0 Å². The minimum absolute atomic E-state index is 0.0858. The van der Waals surface area contributed by atoms with E-state index in [9.17, 15) is 0 Å². The van der Waals surface area contributed by atoms with Crippen LogP contribution in [0.2, 0.25) is 0 Å². The summed E-state index contributed by atoms with van der Waals surface area (Å²) in [5.74, 6) is 0. The quantitative estimate of drug-likeness (QED) is 0.750. The largest absolute Gasteiger partial charge is 0.428 e. The van der Waals surface area contributed by atoms with Crippen molar-refractivity contribution in [1.82, 2.24) is 4.81 Å². The Balaban J connectivity index is 3.15. The molecule has 1 rings (SSSR count). The summed E-state index contributed by atoms with van der Waals surface area (Å²) in [5, 5.41) is 2.35. The predicted molar refractivity (Wildman–Crippen MR) is 98.5 cm³/mol. The molecule has 0 bridgehead atoms. The van der Waals surface area contributed by atoms with E-state index in [4.69, 9.17) is 0 Å². The number of allylic oxidation sites excluding steroid dienone is 1. The molecule has 0 aliphatic carbocycles. The second kappa shape index (κ2) is 6.13. The maximum absolute atomic E-state index is 4.30. The molecule has 0 saturated heterocycles. The van der Waals surface area contributed by atoms with Crippen LogP contribution in [0.3, 0.4) is 0 Å². The fourth-order valence-corrected chi connectivity index (χ4v) is 2.89. The zero-order valence-electron chi connectivity index (χ0n) is 15.0. The number of nitrogens with zero attached hydrogens (tertiary/aromatic N) is 1. The van der Waals surface area contributed by atoms with Crippen LogP contribution in [-0.4, -0.2) is 19.8 Å². The number of hydrogen-bond donors (Lipinski definition) is 0. The summed E-state index contributed by atoms with van der Waals surface area (Å²) in [7, 11) is 4.12. The second-order valence-corrected chi connectivity index (χ2v) is 7.04. The third-order valence-corrected chi connectivity index (χ3v) is 5.06. The van der Waals surface area contributed by atoms with Crippen molar-refractivity contribution >= 4 is 21.1 Å². The zero-order valence-corrected chi connectivity index (χ0v) is 15.0. The van der Waals surface area contributed by atoms with Gasteiger partial charge in [0.2, 0.25) is 7.98 Å². The van der Waals surface area contributed by atoms with Crippen LogP contribution in [0, 0.1) is 26.2 Å². The topological polar surface area (TPSA) is 3.24 Å². The molecular formula is C19H30BN. The average Bonchev–Trinajstić information content (AvgIpc) is 2.41. The van der Waals surface area contributed by atoms with Crippen molar-refractivity contribution in [3.05, 3.63) is 45.0 Å². The molecule has 0 aromatic heterocycles. The lowest BCUT2D eigenvalue weighted by atomic mass is 9.80. The lowest BCUT2D eigenvalue weighted by Crippen LogP contribution is -2.29. The van der Waals surface area contributed by atoms with Crippen molar-refractivity contribution in [2.45, 2.75) is 47.5 Å². The van der Waals surface area contributed by atoms with E-state index in [1.54, 1.807) is 0 Å². The molecule has 0 atom stereocenters. The second-order valence-electron chi connectivity index (χ2n) is 7.04. The molecular weight excluding hydrogens is 253 g/mol. The molecule has 0 N–H and O–H groups in total. The van der Waals surface area contributed by atoms with Crippen LogP contribution in [0.4, 0.5) is 0 Å². The molecule has 0 fully saturated rings. The lowest BCUT2D eigenvalue weighted by molar-refractivity contribution is 0.348. The first-order valence-electron chi connectivity index (χ1n) is 7.64. The number of hydrogen-bond acceptors (Lipinski definition) is 1. The first-order chi connectivity index (χ1) is 9.50. The first-order valence-corrected chi connectivity index (χ1v) is 7.64. The van der Waals surface area contributed by atoms with Crippen molar-refractivity contribution in [3.8, 4) is 0 Å². The highest BCUT2D eigenvalue weighted by Crippen LogP contribution is 2.31. The fourth-order valence-electron chi connectivity index (χ4n) is 2.89. The van der Waals surface area contributed by atoms with Crippen molar-refractivity contribution in [1.29, 1.82) is 0 Å².